The van der Waals surface area contributed by atoms with E-state index in [1.165, 1.54) is 4.90 Å². The molecule has 0 aromatic carbocycles. The van der Waals surface area contributed by atoms with Crippen LogP contribution >= 0.6 is 0 Å². The Bertz CT molecular complexity index is 341. The zero-order chi connectivity index (χ0) is 10.7. The van der Waals surface area contributed by atoms with Gasteiger partial charge in [0.25, 0.3) is 0 Å². The molecule has 2 aliphatic carbocycles. The minimum absolute atomic E-state index is 0.0257. The van der Waals surface area contributed by atoms with Crippen molar-refractivity contribution in [2.75, 3.05) is 6.54 Å². The highest BCUT2D eigenvalue weighted by Crippen LogP contribution is 2.55. The average molecular weight is 208 g/mol. The van der Waals surface area contributed by atoms with E-state index in [-0.39, 0.29) is 35.6 Å². The molecule has 5 atom stereocenters. The number of nitrogens with zero attached hydrogens (tertiary/aromatic N) is 1. The Labute approximate surface area is 88.8 Å². The van der Waals surface area contributed by atoms with Gasteiger partial charge in [-0.3, -0.25) is 14.5 Å². The summed E-state index contributed by atoms with van der Waals surface area (Å²) >= 11 is 0. The fourth-order valence-electron chi connectivity index (χ4n) is 3.88. The largest absolute Gasteiger partial charge is 0.327 e. The molecule has 4 heteroatoms. The van der Waals surface area contributed by atoms with E-state index in [2.05, 4.69) is 0 Å². The van der Waals surface area contributed by atoms with Crippen LogP contribution < -0.4 is 5.73 Å². The van der Waals surface area contributed by atoms with Gasteiger partial charge in [0.15, 0.2) is 0 Å². The monoisotopic (exact) mass is 208 g/mol. The number of hydrogen-bond donors (Lipinski definition) is 1. The lowest BCUT2D eigenvalue weighted by Crippen LogP contribution is -2.38. The van der Waals surface area contributed by atoms with Gasteiger partial charge in [0.2, 0.25) is 11.8 Å². The number of carbonyl (C=O) groups excluding carboxylic acids is 2. The fraction of sp³-hybridized carbons (Fsp3) is 0.818. The summed E-state index contributed by atoms with van der Waals surface area (Å²) in [5.74, 6) is 0.645. The highest BCUT2D eigenvalue weighted by molar-refractivity contribution is 6.06. The Morgan fingerprint density at radius 1 is 1.27 bits per heavy atom. The standard InChI is InChI=1S/C11H16N2O2/c1-2-13-10(14)8-5-3-6(7(12)4-5)9(8)11(13)15/h5-9H,2-4,12H2,1H3. The van der Waals surface area contributed by atoms with E-state index >= 15 is 0 Å². The zero-order valence-corrected chi connectivity index (χ0v) is 8.85. The minimum atomic E-state index is -0.0776. The van der Waals surface area contributed by atoms with Gasteiger partial charge in [0, 0.05) is 12.6 Å². The van der Waals surface area contributed by atoms with Crippen LogP contribution in [0.5, 0.6) is 0 Å². The lowest BCUT2D eigenvalue weighted by atomic mass is 9.79. The molecule has 3 aliphatic rings. The number of imide groups is 1. The molecule has 3 rings (SSSR count). The number of fused-ring (bicyclic) bond motifs is 5. The van der Waals surface area contributed by atoms with Crippen LogP contribution in [-0.2, 0) is 9.59 Å². The minimum Gasteiger partial charge on any atom is -0.327 e. The first-order chi connectivity index (χ1) is 7.15. The highest BCUT2D eigenvalue weighted by Gasteiger charge is 2.62. The van der Waals surface area contributed by atoms with E-state index in [1.54, 1.807) is 0 Å². The van der Waals surface area contributed by atoms with Crippen molar-refractivity contribution < 1.29 is 9.59 Å². The van der Waals surface area contributed by atoms with Gasteiger partial charge in [-0.15, -0.1) is 0 Å². The summed E-state index contributed by atoms with van der Waals surface area (Å²) in [6, 6.07) is 0.143. The Balaban J connectivity index is 1.97. The molecule has 0 spiro atoms. The maximum atomic E-state index is 12.0. The molecule has 1 saturated heterocycles. The Hall–Kier alpha value is -0.900. The van der Waals surface area contributed by atoms with Crippen molar-refractivity contribution in [1.82, 2.24) is 4.90 Å². The molecule has 4 nitrogen and oxygen atoms in total. The van der Waals surface area contributed by atoms with E-state index in [0.717, 1.165) is 12.8 Å². The maximum absolute atomic E-state index is 12.0. The number of rotatable bonds is 1. The van der Waals surface area contributed by atoms with Crippen LogP contribution in [-0.4, -0.2) is 29.3 Å². The van der Waals surface area contributed by atoms with Crippen LogP contribution in [0.4, 0.5) is 0 Å². The molecule has 2 bridgehead atoms. The van der Waals surface area contributed by atoms with Crippen molar-refractivity contribution in [2.45, 2.75) is 25.8 Å². The molecule has 0 aromatic heterocycles. The van der Waals surface area contributed by atoms with Crippen molar-refractivity contribution in [3.05, 3.63) is 0 Å². The van der Waals surface area contributed by atoms with Gasteiger partial charge in [0.05, 0.1) is 11.8 Å². The maximum Gasteiger partial charge on any atom is 0.233 e. The quantitative estimate of drug-likeness (QED) is 0.616. The highest BCUT2D eigenvalue weighted by atomic mass is 16.2. The predicted octanol–water partition coefficient (Wildman–Crippen LogP) is -0.0254. The van der Waals surface area contributed by atoms with Crippen LogP contribution in [0.1, 0.15) is 19.8 Å². The van der Waals surface area contributed by atoms with Gasteiger partial charge in [-0.2, -0.15) is 0 Å². The van der Waals surface area contributed by atoms with Gasteiger partial charge >= 0.3 is 0 Å². The van der Waals surface area contributed by atoms with Gasteiger partial charge < -0.3 is 5.73 Å². The molecule has 2 saturated carbocycles. The fourth-order valence-corrected chi connectivity index (χ4v) is 3.88. The van der Waals surface area contributed by atoms with Gasteiger partial charge in [-0.25, -0.2) is 0 Å². The normalized spacial score (nSPS) is 47.9. The topological polar surface area (TPSA) is 63.4 Å². The number of amides is 2. The Morgan fingerprint density at radius 3 is 2.60 bits per heavy atom. The molecule has 2 amide bonds. The summed E-state index contributed by atoms with van der Waals surface area (Å²) in [6.07, 6.45) is 1.92. The molecule has 1 heterocycles. The summed E-state index contributed by atoms with van der Waals surface area (Å²) in [5.41, 5.74) is 5.99. The van der Waals surface area contributed by atoms with Crippen molar-refractivity contribution >= 4 is 11.8 Å². The first-order valence-corrected chi connectivity index (χ1v) is 5.76. The number of nitrogens with two attached hydrogens (primary N) is 1. The Kier molecular flexibility index (Phi) is 1.75. The van der Waals surface area contributed by atoms with Gasteiger partial charge in [-0.1, -0.05) is 0 Å². The van der Waals surface area contributed by atoms with Crippen LogP contribution in [0.3, 0.4) is 0 Å². The molecule has 82 valence electrons. The van der Waals surface area contributed by atoms with Crippen LogP contribution in [0.2, 0.25) is 0 Å². The second-order valence-electron chi connectivity index (χ2n) is 5.03. The van der Waals surface area contributed by atoms with E-state index < -0.39 is 0 Å². The second kappa shape index (κ2) is 2.82. The van der Waals surface area contributed by atoms with Crippen molar-refractivity contribution in [3.8, 4) is 0 Å². The van der Waals surface area contributed by atoms with E-state index in [1.807, 2.05) is 6.92 Å². The molecule has 1 aliphatic heterocycles. The third kappa shape index (κ3) is 0.956. The summed E-state index contributed by atoms with van der Waals surface area (Å²) in [7, 11) is 0. The SMILES string of the molecule is CCN1C(=O)C2C3CC(N)C(C3)C2C1=O. The van der Waals surface area contributed by atoms with Crippen LogP contribution in [0, 0.1) is 23.7 Å². The van der Waals surface area contributed by atoms with Crippen molar-refractivity contribution in [3.63, 3.8) is 0 Å². The van der Waals surface area contributed by atoms with Gasteiger partial charge in [0.1, 0.15) is 0 Å². The molecule has 0 aromatic rings. The third-order valence-corrected chi connectivity index (χ3v) is 4.47. The van der Waals surface area contributed by atoms with E-state index in [4.69, 9.17) is 5.73 Å². The molecular weight excluding hydrogens is 192 g/mol. The smallest absolute Gasteiger partial charge is 0.233 e. The van der Waals surface area contributed by atoms with Gasteiger partial charge in [-0.05, 0) is 31.6 Å². The average Bonchev–Trinajstić information content (AvgIpc) is 2.79. The molecule has 5 unspecified atom stereocenters. The second-order valence-corrected chi connectivity index (χ2v) is 5.03. The first kappa shape index (κ1) is 9.33. The zero-order valence-electron chi connectivity index (χ0n) is 8.85. The summed E-state index contributed by atoms with van der Waals surface area (Å²) in [4.78, 5) is 25.4. The van der Waals surface area contributed by atoms with Crippen LogP contribution in [0.25, 0.3) is 0 Å². The summed E-state index contributed by atoms with van der Waals surface area (Å²) in [6.45, 7) is 2.37. The van der Waals surface area contributed by atoms with E-state index in [9.17, 15) is 9.59 Å². The number of carbonyl (C=O) groups is 2. The lowest BCUT2D eigenvalue weighted by Gasteiger charge is -2.25. The molecule has 15 heavy (non-hydrogen) atoms. The van der Waals surface area contributed by atoms with Crippen molar-refractivity contribution in [2.24, 2.45) is 29.4 Å². The third-order valence-electron chi connectivity index (χ3n) is 4.47. The van der Waals surface area contributed by atoms with Crippen molar-refractivity contribution in [1.29, 1.82) is 0 Å². The summed E-state index contributed by atoms with van der Waals surface area (Å²) in [5, 5.41) is 0. The lowest BCUT2D eigenvalue weighted by molar-refractivity contribution is -0.140. The molecule has 2 N–H and O–H groups in total. The molecular formula is C11H16N2O2. The van der Waals surface area contributed by atoms with Crippen LogP contribution in [0.15, 0.2) is 0 Å². The molecule has 3 fully saturated rings. The summed E-state index contributed by atoms with van der Waals surface area (Å²) < 4.78 is 0. The Morgan fingerprint density at radius 2 is 1.93 bits per heavy atom. The predicted molar refractivity (Wildman–Crippen MR) is 53.6 cm³/mol. The first-order valence-electron chi connectivity index (χ1n) is 5.76. The van der Waals surface area contributed by atoms with E-state index in [0.29, 0.717) is 12.5 Å². The molecule has 0 radical (unpaired) electrons. The number of hydrogen-bond acceptors (Lipinski definition) is 3. The number of likely N-dealkylation sites (tertiary alicyclic amines) is 1.